The minimum atomic E-state index is -0.478. The van der Waals surface area contributed by atoms with Crippen LogP contribution in [-0.4, -0.2) is 16.8 Å². The lowest BCUT2D eigenvalue weighted by atomic mass is 10.0. The zero-order valence-electron chi connectivity index (χ0n) is 8.00. The molecule has 0 heterocycles. The Labute approximate surface area is 82.0 Å². The predicted molar refractivity (Wildman–Crippen MR) is 51.4 cm³/mol. The number of hydrogen-bond acceptors (Lipinski definition) is 3. The highest BCUT2D eigenvalue weighted by atomic mass is 19.1. The van der Waals surface area contributed by atoms with Gasteiger partial charge in [0, 0.05) is 18.2 Å². The van der Waals surface area contributed by atoms with Crippen LogP contribution in [0.1, 0.15) is 23.6 Å². The summed E-state index contributed by atoms with van der Waals surface area (Å²) >= 11 is 0. The maximum Gasteiger partial charge on any atom is 0.130 e. The minimum absolute atomic E-state index is 0.0581. The lowest BCUT2D eigenvalue weighted by Gasteiger charge is -2.12. The van der Waals surface area contributed by atoms with Gasteiger partial charge in [0.1, 0.15) is 11.6 Å². The van der Waals surface area contributed by atoms with Crippen molar-refractivity contribution in [2.75, 3.05) is 6.61 Å². The summed E-state index contributed by atoms with van der Waals surface area (Å²) in [4.78, 5) is 0. The molecule has 0 fully saturated rings. The van der Waals surface area contributed by atoms with Crippen LogP contribution in [0.4, 0.5) is 4.39 Å². The molecule has 0 aliphatic rings. The molecule has 0 radical (unpaired) electrons. The topological polar surface area (TPSA) is 66.5 Å². The van der Waals surface area contributed by atoms with Crippen molar-refractivity contribution < 1.29 is 14.6 Å². The van der Waals surface area contributed by atoms with Gasteiger partial charge >= 0.3 is 0 Å². The lowest BCUT2D eigenvalue weighted by Crippen LogP contribution is -2.12. The molecule has 3 nitrogen and oxygen atoms in total. The van der Waals surface area contributed by atoms with E-state index in [1.165, 1.54) is 19.1 Å². The van der Waals surface area contributed by atoms with Crippen molar-refractivity contribution in [2.24, 2.45) is 5.73 Å². The second-order valence-corrected chi connectivity index (χ2v) is 3.27. The van der Waals surface area contributed by atoms with Crippen LogP contribution < -0.4 is 5.73 Å². The first kappa shape index (κ1) is 10.9. The van der Waals surface area contributed by atoms with Crippen molar-refractivity contribution in [1.82, 2.24) is 0 Å². The van der Waals surface area contributed by atoms with Gasteiger partial charge in [-0.05, 0) is 31.0 Å². The molecule has 0 bridgehead atoms. The van der Waals surface area contributed by atoms with E-state index in [0.717, 1.165) is 0 Å². The van der Waals surface area contributed by atoms with E-state index in [2.05, 4.69) is 0 Å². The van der Waals surface area contributed by atoms with Gasteiger partial charge in [-0.2, -0.15) is 0 Å². The number of aliphatic hydroxyl groups excluding tert-OH is 1. The van der Waals surface area contributed by atoms with Crippen LogP contribution in [-0.2, 0) is 0 Å². The quantitative estimate of drug-likeness (QED) is 0.685. The average molecular weight is 199 g/mol. The molecule has 0 spiro atoms. The Morgan fingerprint density at radius 1 is 1.50 bits per heavy atom. The van der Waals surface area contributed by atoms with Crippen molar-refractivity contribution in [3.8, 4) is 5.75 Å². The van der Waals surface area contributed by atoms with E-state index in [4.69, 9.17) is 10.8 Å². The summed E-state index contributed by atoms with van der Waals surface area (Å²) in [5.74, 6) is -0.582. The van der Waals surface area contributed by atoms with E-state index in [1.807, 2.05) is 0 Å². The van der Waals surface area contributed by atoms with Gasteiger partial charge in [0.05, 0.1) is 0 Å². The van der Waals surface area contributed by atoms with Crippen molar-refractivity contribution in [3.05, 3.63) is 29.1 Å². The van der Waals surface area contributed by atoms with Crippen LogP contribution in [0.2, 0.25) is 0 Å². The van der Waals surface area contributed by atoms with E-state index < -0.39 is 11.9 Å². The van der Waals surface area contributed by atoms with Gasteiger partial charge in [-0.1, -0.05) is 0 Å². The van der Waals surface area contributed by atoms with Crippen LogP contribution in [0.15, 0.2) is 12.1 Å². The normalized spacial score (nSPS) is 12.9. The third-order valence-corrected chi connectivity index (χ3v) is 2.21. The van der Waals surface area contributed by atoms with Crippen LogP contribution in [0.5, 0.6) is 5.75 Å². The number of benzene rings is 1. The zero-order valence-corrected chi connectivity index (χ0v) is 8.00. The number of phenols is 1. The second kappa shape index (κ2) is 4.39. The lowest BCUT2D eigenvalue weighted by molar-refractivity contribution is 0.276. The molecular weight excluding hydrogens is 185 g/mol. The first-order valence-electron chi connectivity index (χ1n) is 4.41. The first-order valence-corrected chi connectivity index (χ1v) is 4.41. The monoisotopic (exact) mass is 199 g/mol. The van der Waals surface area contributed by atoms with E-state index >= 15 is 0 Å². The molecule has 0 aliphatic carbocycles. The fraction of sp³-hybridized carbons (Fsp3) is 0.400. The molecule has 0 aromatic heterocycles. The molecule has 1 aromatic rings. The Balaban J connectivity index is 3.00. The molecule has 0 aliphatic heterocycles. The van der Waals surface area contributed by atoms with E-state index in [1.54, 1.807) is 0 Å². The number of rotatable bonds is 3. The van der Waals surface area contributed by atoms with Crippen molar-refractivity contribution in [3.63, 3.8) is 0 Å². The third kappa shape index (κ3) is 2.21. The first-order chi connectivity index (χ1) is 6.56. The fourth-order valence-corrected chi connectivity index (χ4v) is 1.20. The third-order valence-electron chi connectivity index (χ3n) is 2.21. The van der Waals surface area contributed by atoms with Gasteiger partial charge in [-0.3, -0.25) is 0 Å². The van der Waals surface area contributed by atoms with Crippen LogP contribution >= 0.6 is 0 Å². The Morgan fingerprint density at radius 3 is 2.64 bits per heavy atom. The molecule has 78 valence electrons. The summed E-state index contributed by atoms with van der Waals surface area (Å²) < 4.78 is 13.2. The highest BCUT2D eigenvalue weighted by molar-refractivity contribution is 5.37. The molecule has 1 aromatic carbocycles. The van der Waals surface area contributed by atoms with Gasteiger partial charge in [0.15, 0.2) is 0 Å². The minimum Gasteiger partial charge on any atom is -0.508 e. The van der Waals surface area contributed by atoms with Gasteiger partial charge < -0.3 is 15.9 Å². The summed E-state index contributed by atoms with van der Waals surface area (Å²) in [6.45, 7) is 1.43. The molecule has 4 N–H and O–H groups in total. The number of halogens is 1. The maximum absolute atomic E-state index is 13.2. The van der Waals surface area contributed by atoms with Crippen molar-refractivity contribution in [1.29, 1.82) is 0 Å². The molecule has 4 heteroatoms. The standard InChI is InChI=1S/C10H14FNO2/c1-6-8(11)4-7(5-10(6)14)9(12)2-3-13/h4-5,9,13-14H,2-3,12H2,1H3. The summed E-state index contributed by atoms with van der Waals surface area (Å²) in [5.41, 5.74) is 6.37. The molecule has 1 unspecified atom stereocenters. The highest BCUT2D eigenvalue weighted by Crippen LogP contribution is 2.25. The van der Waals surface area contributed by atoms with E-state index in [9.17, 15) is 9.50 Å². The summed E-state index contributed by atoms with van der Waals surface area (Å²) in [6, 6.07) is 2.27. The van der Waals surface area contributed by atoms with Crippen LogP contribution in [0, 0.1) is 12.7 Å². The number of aliphatic hydroxyl groups is 1. The zero-order chi connectivity index (χ0) is 10.7. The van der Waals surface area contributed by atoms with Gasteiger partial charge in [0.2, 0.25) is 0 Å². The Hall–Kier alpha value is -1.13. The molecule has 0 amide bonds. The molecule has 0 saturated carbocycles. The van der Waals surface area contributed by atoms with Crippen LogP contribution in [0.25, 0.3) is 0 Å². The van der Waals surface area contributed by atoms with Gasteiger partial charge in [-0.25, -0.2) is 4.39 Å². The Bertz CT molecular complexity index is 305. The maximum atomic E-state index is 13.2. The van der Waals surface area contributed by atoms with E-state index in [-0.39, 0.29) is 17.9 Å². The number of aromatic hydroxyl groups is 1. The summed E-state index contributed by atoms with van der Waals surface area (Å²) in [5, 5.41) is 18.0. The molecule has 0 saturated heterocycles. The van der Waals surface area contributed by atoms with Crippen LogP contribution in [0.3, 0.4) is 0 Å². The number of phenolic OH excluding ortho intramolecular Hbond substituents is 1. The SMILES string of the molecule is Cc1c(O)cc(C(N)CCO)cc1F. The summed E-state index contributed by atoms with van der Waals surface area (Å²) in [6.07, 6.45) is 0.349. The second-order valence-electron chi connectivity index (χ2n) is 3.27. The highest BCUT2D eigenvalue weighted by Gasteiger charge is 2.11. The Kier molecular flexibility index (Phi) is 3.43. The molecule has 1 atom stereocenters. The smallest absolute Gasteiger partial charge is 0.130 e. The summed E-state index contributed by atoms with van der Waals surface area (Å²) in [7, 11) is 0. The van der Waals surface area contributed by atoms with Gasteiger partial charge in [-0.15, -0.1) is 0 Å². The van der Waals surface area contributed by atoms with Crippen molar-refractivity contribution in [2.45, 2.75) is 19.4 Å². The van der Waals surface area contributed by atoms with Crippen molar-refractivity contribution >= 4 is 0 Å². The molecular formula is C10H14FNO2. The number of hydrogen-bond donors (Lipinski definition) is 3. The number of nitrogens with two attached hydrogens (primary N) is 1. The Morgan fingerprint density at radius 2 is 2.14 bits per heavy atom. The predicted octanol–water partition coefficient (Wildman–Crippen LogP) is 1.22. The fourth-order valence-electron chi connectivity index (χ4n) is 1.20. The molecule has 1 rings (SSSR count). The van der Waals surface area contributed by atoms with Gasteiger partial charge in [0.25, 0.3) is 0 Å². The van der Waals surface area contributed by atoms with E-state index in [0.29, 0.717) is 12.0 Å². The average Bonchev–Trinajstić information content (AvgIpc) is 2.13. The molecule has 14 heavy (non-hydrogen) atoms. The largest absolute Gasteiger partial charge is 0.508 e.